The van der Waals surface area contributed by atoms with Crippen LogP contribution < -0.4 is 14.4 Å². The minimum atomic E-state index is 0.486. The minimum absolute atomic E-state index is 0.486. The number of aromatic nitrogens is 1. The Morgan fingerprint density at radius 1 is 1.07 bits per heavy atom. The molecule has 0 amide bonds. The highest BCUT2D eigenvalue weighted by Crippen LogP contribution is 2.38. The molecule has 5 nitrogen and oxygen atoms in total. The second-order valence-electron chi connectivity index (χ2n) is 7.39. The van der Waals surface area contributed by atoms with Crippen LogP contribution in [0.2, 0.25) is 0 Å². The Labute approximate surface area is 161 Å². The Hall–Kier alpha value is -2.01. The molecule has 3 heterocycles. The molecule has 1 aromatic heterocycles. The maximum absolute atomic E-state index is 5.92. The van der Waals surface area contributed by atoms with Crippen molar-refractivity contribution in [3.63, 3.8) is 0 Å². The molecule has 1 atom stereocenters. The predicted octanol–water partition coefficient (Wildman–Crippen LogP) is 4.43. The monoisotopic (exact) mass is 370 g/mol. The minimum Gasteiger partial charge on any atom is -0.490 e. The normalized spacial score (nSPS) is 21.0. The van der Waals surface area contributed by atoms with E-state index in [0.717, 1.165) is 42.1 Å². The summed E-state index contributed by atoms with van der Waals surface area (Å²) >= 11 is 0. The lowest BCUT2D eigenvalue weighted by atomic mass is 9.89. The van der Waals surface area contributed by atoms with Gasteiger partial charge in [-0.15, -0.1) is 0 Å². The highest BCUT2D eigenvalue weighted by atomic mass is 16.5. The van der Waals surface area contributed by atoms with Gasteiger partial charge in [0.05, 0.1) is 24.8 Å². The lowest BCUT2D eigenvalue weighted by Crippen LogP contribution is -2.37. The second kappa shape index (κ2) is 8.34. The first-order chi connectivity index (χ1) is 13.3. The highest BCUT2D eigenvalue weighted by molar-refractivity contribution is 5.94. The van der Waals surface area contributed by atoms with Crippen molar-refractivity contribution in [2.24, 2.45) is 5.92 Å². The van der Waals surface area contributed by atoms with E-state index >= 15 is 0 Å². The number of hydrogen-bond acceptors (Lipinski definition) is 5. The first kappa shape index (κ1) is 18.4. The van der Waals surface area contributed by atoms with E-state index in [-0.39, 0.29) is 0 Å². The van der Waals surface area contributed by atoms with Crippen LogP contribution in [0.3, 0.4) is 0 Å². The van der Waals surface area contributed by atoms with Gasteiger partial charge >= 0.3 is 0 Å². The topological polar surface area (TPSA) is 43.8 Å². The van der Waals surface area contributed by atoms with Crippen molar-refractivity contribution < 1.29 is 14.2 Å². The van der Waals surface area contributed by atoms with Crippen LogP contribution in [0.5, 0.6) is 11.5 Å². The Bertz CT molecular complexity index is 765. The van der Waals surface area contributed by atoms with Gasteiger partial charge in [0.25, 0.3) is 0 Å². The van der Waals surface area contributed by atoms with Gasteiger partial charge in [0.15, 0.2) is 11.5 Å². The van der Waals surface area contributed by atoms with Crippen molar-refractivity contribution in [3.8, 4) is 11.5 Å². The molecule has 0 spiro atoms. The number of fused-ring (bicyclic) bond motifs is 1. The Morgan fingerprint density at radius 3 is 2.48 bits per heavy atom. The molecule has 2 saturated heterocycles. The maximum Gasteiger partial charge on any atom is 0.163 e. The summed E-state index contributed by atoms with van der Waals surface area (Å²) in [5.41, 5.74) is 2.20. The van der Waals surface area contributed by atoms with E-state index in [0.29, 0.717) is 25.2 Å². The van der Waals surface area contributed by atoms with Gasteiger partial charge in [0.1, 0.15) is 0 Å². The molecule has 0 saturated carbocycles. The van der Waals surface area contributed by atoms with Crippen LogP contribution in [0.4, 0.5) is 5.69 Å². The third-order valence-electron chi connectivity index (χ3n) is 5.75. The standard InChI is InChI=1S/C22H30N2O3/c1-3-25-21-14-17-18(15-22(21)26-4-2)23-10-7-19(17)24-11-8-16(9-12-24)20-6-5-13-27-20/h7,10,14-16,20H,3-6,8-9,11-13H2,1-2H3. The van der Waals surface area contributed by atoms with Crippen molar-refractivity contribution in [3.05, 3.63) is 24.4 Å². The first-order valence-electron chi connectivity index (χ1n) is 10.3. The van der Waals surface area contributed by atoms with E-state index in [1.807, 2.05) is 26.1 Å². The summed E-state index contributed by atoms with van der Waals surface area (Å²) in [6, 6.07) is 6.23. The van der Waals surface area contributed by atoms with Crippen LogP contribution >= 0.6 is 0 Å². The third kappa shape index (κ3) is 3.84. The summed E-state index contributed by atoms with van der Waals surface area (Å²) in [6.07, 6.45) is 7.25. The summed E-state index contributed by atoms with van der Waals surface area (Å²) in [5, 5.41) is 1.14. The molecule has 1 unspecified atom stereocenters. The van der Waals surface area contributed by atoms with Crippen molar-refractivity contribution in [1.29, 1.82) is 0 Å². The van der Waals surface area contributed by atoms with Crippen LogP contribution in [0.25, 0.3) is 10.9 Å². The average molecular weight is 370 g/mol. The molecule has 0 aliphatic carbocycles. The van der Waals surface area contributed by atoms with E-state index in [1.165, 1.54) is 31.4 Å². The van der Waals surface area contributed by atoms with Crippen LogP contribution in [-0.4, -0.2) is 44.0 Å². The van der Waals surface area contributed by atoms with Gasteiger partial charge in [-0.2, -0.15) is 0 Å². The summed E-state index contributed by atoms with van der Waals surface area (Å²) in [6.45, 7) is 8.31. The smallest absolute Gasteiger partial charge is 0.163 e. The number of pyridine rings is 1. The third-order valence-corrected chi connectivity index (χ3v) is 5.75. The number of rotatable bonds is 6. The molecule has 0 N–H and O–H groups in total. The number of piperidine rings is 1. The van der Waals surface area contributed by atoms with Crippen LogP contribution in [-0.2, 0) is 4.74 Å². The molecule has 0 radical (unpaired) electrons. The molecule has 2 fully saturated rings. The van der Waals surface area contributed by atoms with E-state index in [2.05, 4.69) is 22.0 Å². The number of benzene rings is 1. The van der Waals surface area contributed by atoms with Gasteiger partial charge in [-0.1, -0.05) is 0 Å². The largest absolute Gasteiger partial charge is 0.490 e. The zero-order chi connectivity index (χ0) is 18.6. The molecule has 2 aromatic rings. The van der Waals surface area contributed by atoms with Crippen molar-refractivity contribution in [1.82, 2.24) is 4.98 Å². The van der Waals surface area contributed by atoms with Gasteiger partial charge in [-0.05, 0) is 57.6 Å². The van der Waals surface area contributed by atoms with E-state index < -0.39 is 0 Å². The Balaban J connectivity index is 1.59. The van der Waals surface area contributed by atoms with Gasteiger partial charge in [-0.25, -0.2) is 0 Å². The van der Waals surface area contributed by atoms with Gasteiger partial charge < -0.3 is 19.1 Å². The summed E-state index contributed by atoms with van der Waals surface area (Å²) in [7, 11) is 0. The molecular weight excluding hydrogens is 340 g/mol. The fourth-order valence-corrected chi connectivity index (χ4v) is 4.44. The van der Waals surface area contributed by atoms with Crippen molar-refractivity contribution >= 4 is 16.6 Å². The molecule has 2 aliphatic rings. The highest BCUT2D eigenvalue weighted by Gasteiger charge is 2.30. The molecule has 146 valence electrons. The number of nitrogens with zero attached hydrogens (tertiary/aromatic N) is 2. The predicted molar refractivity (Wildman–Crippen MR) is 108 cm³/mol. The molecule has 2 aliphatic heterocycles. The average Bonchev–Trinajstić information content (AvgIpc) is 3.23. The molecule has 1 aromatic carbocycles. The quantitative estimate of drug-likeness (QED) is 0.753. The first-order valence-corrected chi connectivity index (χ1v) is 10.3. The zero-order valence-electron chi connectivity index (χ0n) is 16.4. The van der Waals surface area contributed by atoms with Crippen molar-refractivity contribution in [2.75, 3.05) is 37.8 Å². The van der Waals surface area contributed by atoms with Gasteiger partial charge in [-0.3, -0.25) is 4.98 Å². The number of hydrogen-bond donors (Lipinski definition) is 0. The summed E-state index contributed by atoms with van der Waals surface area (Å²) in [4.78, 5) is 7.07. The van der Waals surface area contributed by atoms with E-state index in [9.17, 15) is 0 Å². The summed E-state index contributed by atoms with van der Waals surface area (Å²) in [5.74, 6) is 2.28. The molecule has 27 heavy (non-hydrogen) atoms. The lowest BCUT2D eigenvalue weighted by Gasteiger charge is -2.36. The van der Waals surface area contributed by atoms with E-state index in [1.54, 1.807) is 0 Å². The van der Waals surface area contributed by atoms with Crippen LogP contribution in [0.1, 0.15) is 39.5 Å². The fourth-order valence-electron chi connectivity index (χ4n) is 4.44. The number of ether oxygens (including phenoxy) is 3. The van der Waals surface area contributed by atoms with Crippen LogP contribution in [0.15, 0.2) is 24.4 Å². The summed E-state index contributed by atoms with van der Waals surface area (Å²) < 4.78 is 17.5. The Morgan fingerprint density at radius 2 is 1.81 bits per heavy atom. The zero-order valence-corrected chi connectivity index (χ0v) is 16.4. The van der Waals surface area contributed by atoms with Crippen molar-refractivity contribution in [2.45, 2.75) is 45.6 Å². The van der Waals surface area contributed by atoms with E-state index in [4.69, 9.17) is 14.2 Å². The van der Waals surface area contributed by atoms with Gasteiger partial charge in [0, 0.05) is 43.0 Å². The Kier molecular flexibility index (Phi) is 5.67. The lowest BCUT2D eigenvalue weighted by molar-refractivity contribution is 0.0532. The molecule has 0 bridgehead atoms. The molecule has 4 rings (SSSR count). The SMILES string of the molecule is CCOc1cc2nccc(N3CCC(C4CCCO4)CC3)c2cc1OCC. The van der Waals surface area contributed by atoms with Gasteiger partial charge in [0.2, 0.25) is 0 Å². The fraction of sp³-hybridized carbons (Fsp3) is 0.591. The van der Waals surface area contributed by atoms with Crippen LogP contribution in [0, 0.1) is 5.92 Å². The molecule has 5 heteroatoms. The maximum atomic E-state index is 5.92. The molecular formula is C22H30N2O3. The number of anilines is 1. The second-order valence-corrected chi connectivity index (χ2v) is 7.39.